The second-order valence-electron chi connectivity index (χ2n) is 8.57. The number of likely N-dealkylation sites (tertiary alicyclic amines) is 1. The van der Waals surface area contributed by atoms with E-state index in [-0.39, 0.29) is 5.56 Å². The van der Waals surface area contributed by atoms with E-state index in [1.807, 2.05) is 12.1 Å². The lowest BCUT2D eigenvalue weighted by atomic mass is 9.89. The fraction of sp³-hybridized carbons (Fsp3) is 0.296. The summed E-state index contributed by atoms with van der Waals surface area (Å²) >= 11 is 0. The van der Waals surface area contributed by atoms with E-state index < -0.39 is 5.97 Å². The molecule has 5 rings (SSSR count). The summed E-state index contributed by atoms with van der Waals surface area (Å²) in [5, 5.41) is 10.6. The summed E-state index contributed by atoms with van der Waals surface area (Å²) in [4.78, 5) is 13.7. The molecule has 0 aliphatic carbocycles. The molecule has 0 unspecified atom stereocenters. The minimum Gasteiger partial charge on any atom is -0.491 e. The zero-order valence-corrected chi connectivity index (χ0v) is 18.5. The summed E-state index contributed by atoms with van der Waals surface area (Å²) in [6, 6.07) is 19.4. The van der Waals surface area contributed by atoms with E-state index >= 15 is 0 Å². The molecule has 2 aromatic heterocycles. The molecule has 1 fully saturated rings. The molecule has 0 saturated carbocycles. The Morgan fingerprint density at radius 2 is 1.82 bits per heavy atom. The Morgan fingerprint density at radius 1 is 1.03 bits per heavy atom. The summed E-state index contributed by atoms with van der Waals surface area (Å²) in [6.45, 7) is 4.03. The van der Waals surface area contributed by atoms with Crippen molar-refractivity contribution in [2.24, 2.45) is 0 Å². The van der Waals surface area contributed by atoms with Crippen molar-refractivity contribution in [2.75, 3.05) is 26.2 Å². The Balaban J connectivity index is 1.21. The highest BCUT2D eigenvalue weighted by Crippen LogP contribution is 2.34. The van der Waals surface area contributed by atoms with Crippen LogP contribution in [0.4, 0.5) is 0 Å². The lowest BCUT2D eigenvalue weighted by Crippen LogP contribution is -2.35. The Kier molecular flexibility index (Phi) is 6.17. The minimum absolute atomic E-state index is 0.210. The number of carbonyl (C=O) groups is 1. The van der Waals surface area contributed by atoms with Crippen LogP contribution in [-0.4, -0.2) is 46.8 Å². The van der Waals surface area contributed by atoms with Gasteiger partial charge in [0.2, 0.25) is 0 Å². The fourth-order valence-electron chi connectivity index (χ4n) is 4.82. The van der Waals surface area contributed by atoms with Gasteiger partial charge in [-0.25, -0.2) is 4.79 Å². The topological polar surface area (TPSA) is 67.8 Å². The fourth-order valence-corrected chi connectivity index (χ4v) is 4.82. The summed E-state index contributed by atoms with van der Waals surface area (Å²) in [7, 11) is 0. The minimum atomic E-state index is -0.961. The third-order valence-electron chi connectivity index (χ3n) is 6.54. The first-order valence-corrected chi connectivity index (χ1v) is 11.5. The molecule has 3 heterocycles. The third-order valence-corrected chi connectivity index (χ3v) is 6.54. The number of nitrogens with zero attached hydrogens (tertiary/aromatic N) is 2. The van der Waals surface area contributed by atoms with Gasteiger partial charge < -0.3 is 18.8 Å². The Hall–Kier alpha value is -3.51. The molecule has 4 aromatic rings. The number of carboxylic acids is 1. The number of hydrogen-bond donors (Lipinski definition) is 1. The molecule has 1 saturated heterocycles. The number of piperidine rings is 1. The molecule has 0 atom stereocenters. The molecular formula is C27H28N2O4. The molecule has 1 aliphatic heterocycles. The van der Waals surface area contributed by atoms with E-state index in [1.165, 1.54) is 16.5 Å². The number of carboxylic acid groups (broad SMARTS) is 1. The van der Waals surface area contributed by atoms with Crippen LogP contribution in [0.3, 0.4) is 0 Å². The monoisotopic (exact) mass is 444 g/mol. The Bertz CT molecular complexity index is 1220. The largest absolute Gasteiger partial charge is 0.491 e. The number of benzene rings is 2. The molecular weight excluding hydrogens is 416 g/mol. The first-order chi connectivity index (χ1) is 16.2. The third kappa shape index (κ3) is 4.66. The second-order valence-corrected chi connectivity index (χ2v) is 8.57. The van der Waals surface area contributed by atoms with Gasteiger partial charge in [-0.05, 0) is 67.7 Å². The van der Waals surface area contributed by atoms with Crippen molar-refractivity contribution in [3.05, 3.63) is 90.0 Å². The van der Waals surface area contributed by atoms with Crippen LogP contribution < -0.4 is 4.74 Å². The first kappa shape index (κ1) is 21.3. The van der Waals surface area contributed by atoms with Crippen LogP contribution in [0.1, 0.15) is 40.4 Å². The van der Waals surface area contributed by atoms with Gasteiger partial charge in [0, 0.05) is 23.6 Å². The highest BCUT2D eigenvalue weighted by Gasteiger charge is 2.24. The van der Waals surface area contributed by atoms with Crippen LogP contribution >= 0.6 is 0 Å². The highest BCUT2D eigenvalue weighted by molar-refractivity contribution is 5.90. The molecule has 0 spiro atoms. The second kappa shape index (κ2) is 9.55. The average Bonchev–Trinajstić information content (AvgIpc) is 3.48. The summed E-state index contributed by atoms with van der Waals surface area (Å²) in [5.41, 5.74) is 2.88. The SMILES string of the molecule is O=C(O)c1ccccc1OCCN1CCC(c2cn(Cc3ccco3)c3ccccc23)CC1. The van der Waals surface area contributed by atoms with Gasteiger partial charge in [0.25, 0.3) is 0 Å². The predicted molar refractivity (Wildman–Crippen MR) is 127 cm³/mol. The molecule has 1 N–H and O–H groups in total. The van der Waals surface area contributed by atoms with Gasteiger partial charge >= 0.3 is 5.97 Å². The van der Waals surface area contributed by atoms with Crippen LogP contribution in [0.5, 0.6) is 5.75 Å². The molecule has 0 bridgehead atoms. The zero-order valence-electron chi connectivity index (χ0n) is 18.5. The summed E-state index contributed by atoms with van der Waals surface area (Å²) < 4.78 is 13.7. The lowest BCUT2D eigenvalue weighted by molar-refractivity contribution is 0.0691. The number of para-hydroxylation sites is 2. The van der Waals surface area contributed by atoms with Crippen molar-refractivity contribution in [1.29, 1.82) is 0 Å². The first-order valence-electron chi connectivity index (χ1n) is 11.5. The van der Waals surface area contributed by atoms with E-state index in [2.05, 4.69) is 39.9 Å². The van der Waals surface area contributed by atoms with Gasteiger partial charge in [-0.3, -0.25) is 4.90 Å². The van der Waals surface area contributed by atoms with Crippen molar-refractivity contribution in [1.82, 2.24) is 9.47 Å². The van der Waals surface area contributed by atoms with Gasteiger partial charge in [0.15, 0.2) is 0 Å². The molecule has 0 radical (unpaired) electrons. The summed E-state index contributed by atoms with van der Waals surface area (Å²) in [6.07, 6.45) is 6.22. The van der Waals surface area contributed by atoms with Crippen molar-refractivity contribution < 1.29 is 19.1 Å². The van der Waals surface area contributed by atoms with Gasteiger partial charge in [-0.1, -0.05) is 30.3 Å². The maximum atomic E-state index is 11.3. The molecule has 6 heteroatoms. The number of aromatic carboxylic acids is 1. The van der Waals surface area contributed by atoms with E-state index in [0.717, 1.165) is 44.8 Å². The molecule has 1 aliphatic rings. The summed E-state index contributed by atoms with van der Waals surface area (Å²) in [5.74, 6) is 0.959. The zero-order chi connectivity index (χ0) is 22.6. The number of fused-ring (bicyclic) bond motifs is 1. The van der Waals surface area contributed by atoms with Crippen molar-refractivity contribution in [2.45, 2.75) is 25.3 Å². The van der Waals surface area contributed by atoms with Crippen LogP contribution in [0, 0.1) is 0 Å². The van der Waals surface area contributed by atoms with Crippen molar-refractivity contribution >= 4 is 16.9 Å². The van der Waals surface area contributed by atoms with E-state index in [9.17, 15) is 9.90 Å². The lowest BCUT2D eigenvalue weighted by Gasteiger charge is -2.31. The van der Waals surface area contributed by atoms with E-state index in [4.69, 9.17) is 9.15 Å². The smallest absolute Gasteiger partial charge is 0.339 e. The Labute approximate surface area is 193 Å². The number of furan rings is 1. The molecule has 0 amide bonds. The van der Waals surface area contributed by atoms with E-state index in [1.54, 1.807) is 30.5 Å². The highest BCUT2D eigenvalue weighted by atomic mass is 16.5. The number of aromatic nitrogens is 1. The van der Waals surface area contributed by atoms with Crippen LogP contribution in [0.15, 0.2) is 77.5 Å². The Morgan fingerprint density at radius 3 is 2.61 bits per heavy atom. The molecule has 33 heavy (non-hydrogen) atoms. The maximum absolute atomic E-state index is 11.3. The van der Waals surface area contributed by atoms with E-state index in [0.29, 0.717) is 18.3 Å². The van der Waals surface area contributed by atoms with Crippen molar-refractivity contribution in [3.63, 3.8) is 0 Å². The number of hydrogen-bond acceptors (Lipinski definition) is 4. The van der Waals surface area contributed by atoms with Gasteiger partial charge in [0.1, 0.15) is 23.7 Å². The normalized spacial score (nSPS) is 15.2. The maximum Gasteiger partial charge on any atom is 0.339 e. The number of rotatable bonds is 8. The molecule has 170 valence electrons. The van der Waals surface area contributed by atoms with Gasteiger partial charge in [-0.2, -0.15) is 0 Å². The quantitative estimate of drug-likeness (QED) is 0.403. The van der Waals surface area contributed by atoms with Gasteiger partial charge in [-0.15, -0.1) is 0 Å². The van der Waals surface area contributed by atoms with Crippen molar-refractivity contribution in [3.8, 4) is 5.75 Å². The number of ether oxygens (including phenoxy) is 1. The van der Waals surface area contributed by atoms with Gasteiger partial charge in [0.05, 0.1) is 12.8 Å². The molecule has 6 nitrogen and oxygen atoms in total. The van der Waals surface area contributed by atoms with Crippen LogP contribution in [0.25, 0.3) is 10.9 Å². The molecule has 2 aromatic carbocycles. The standard InChI is InChI=1S/C27H28N2O4/c30-27(31)23-8-2-4-10-26(23)33-17-15-28-13-11-20(12-14-28)24-19-29(18-21-6-5-16-32-21)25-9-3-1-7-22(24)25/h1-10,16,19-20H,11-15,17-18H2,(H,30,31). The predicted octanol–water partition coefficient (Wildman–Crippen LogP) is 5.24. The van der Waals surface area contributed by atoms with Crippen LogP contribution in [0.2, 0.25) is 0 Å². The van der Waals surface area contributed by atoms with Crippen LogP contribution in [-0.2, 0) is 6.54 Å². The average molecular weight is 445 g/mol.